The van der Waals surface area contributed by atoms with Crippen molar-refractivity contribution >= 4 is 39.5 Å². The smallest absolute Gasteiger partial charge is 0.462 e. The van der Waals surface area contributed by atoms with Gasteiger partial charge in [-0.3, -0.25) is 37.3 Å². The second kappa shape index (κ2) is 60.7. The van der Waals surface area contributed by atoms with Gasteiger partial charge < -0.3 is 33.8 Å². The summed E-state index contributed by atoms with van der Waals surface area (Å²) in [6.45, 7) is 14.1. The Labute approximate surface area is 549 Å². The third-order valence-corrected chi connectivity index (χ3v) is 18.6. The lowest BCUT2D eigenvalue weighted by molar-refractivity contribution is -0.161. The van der Waals surface area contributed by atoms with Crippen LogP contribution in [0.4, 0.5) is 0 Å². The number of rotatable bonds is 68. The molecule has 534 valence electrons. The van der Waals surface area contributed by atoms with E-state index in [1.807, 2.05) is 0 Å². The molecule has 90 heavy (non-hydrogen) atoms. The molecule has 0 aliphatic rings. The standard InChI is InChI=1S/C71H138O17P2/c1-9-64(8)50-42-34-26-19-21-28-36-44-52-69(74)82-57-66(87-70(75)53-45-37-29-17-15-13-11-10-12-14-16-23-31-39-47-61(2)3)59-85-89(77,78)83-55-65(72)56-84-90(79,80)86-60-67(88-71(76)54-46-38-30-22-25-33-41-49-63(6)7)58-81-68(73)51-43-35-27-20-18-24-32-40-48-62(4)5/h61-67,72H,9-60H2,1-8H3,(H,77,78)(H,79,80)/t64?,65?,66-,67-/m1/s1. The summed E-state index contributed by atoms with van der Waals surface area (Å²) in [5.41, 5.74) is 0. The molecule has 0 aromatic carbocycles. The van der Waals surface area contributed by atoms with Gasteiger partial charge in [0.15, 0.2) is 12.2 Å². The Morgan fingerprint density at radius 2 is 0.533 bits per heavy atom. The summed E-state index contributed by atoms with van der Waals surface area (Å²) in [7, 11) is -9.90. The summed E-state index contributed by atoms with van der Waals surface area (Å²) >= 11 is 0. The number of hydrogen-bond acceptors (Lipinski definition) is 15. The largest absolute Gasteiger partial charge is 0.472 e. The number of phosphoric ester groups is 2. The lowest BCUT2D eigenvalue weighted by atomic mass is 9.99. The van der Waals surface area contributed by atoms with Crippen LogP contribution < -0.4 is 0 Å². The first-order valence-corrected chi connectivity index (χ1v) is 39.7. The molecule has 6 atom stereocenters. The molecule has 0 spiro atoms. The minimum Gasteiger partial charge on any atom is -0.462 e. The van der Waals surface area contributed by atoms with Crippen molar-refractivity contribution in [1.29, 1.82) is 0 Å². The number of phosphoric acid groups is 2. The van der Waals surface area contributed by atoms with Crippen LogP contribution in [-0.2, 0) is 65.4 Å². The predicted octanol–water partition coefficient (Wildman–Crippen LogP) is 20.1. The molecule has 0 radical (unpaired) electrons. The lowest BCUT2D eigenvalue weighted by Gasteiger charge is -2.21. The van der Waals surface area contributed by atoms with Gasteiger partial charge >= 0.3 is 39.5 Å². The summed E-state index contributed by atoms with van der Waals surface area (Å²) < 4.78 is 68.3. The second-order valence-electron chi connectivity index (χ2n) is 27.3. The third kappa shape index (κ3) is 63.5. The van der Waals surface area contributed by atoms with Crippen LogP contribution in [-0.4, -0.2) is 96.7 Å². The van der Waals surface area contributed by atoms with Crippen molar-refractivity contribution in [3.63, 3.8) is 0 Å². The molecule has 0 aromatic heterocycles. The van der Waals surface area contributed by atoms with E-state index in [1.165, 1.54) is 154 Å². The summed E-state index contributed by atoms with van der Waals surface area (Å²) in [6, 6.07) is 0. The molecule has 0 saturated heterocycles. The van der Waals surface area contributed by atoms with Gasteiger partial charge in [0, 0.05) is 25.7 Å². The normalized spacial score (nSPS) is 14.6. The Morgan fingerprint density at radius 1 is 0.311 bits per heavy atom. The maximum atomic E-state index is 13.0. The van der Waals surface area contributed by atoms with Crippen molar-refractivity contribution < 1.29 is 80.2 Å². The molecule has 19 heteroatoms. The van der Waals surface area contributed by atoms with Crippen LogP contribution in [0.1, 0.15) is 351 Å². The Balaban J connectivity index is 5.24. The Kier molecular flexibility index (Phi) is 59.4. The number of carbonyl (C=O) groups is 4. The van der Waals surface area contributed by atoms with Crippen LogP contribution in [0.25, 0.3) is 0 Å². The molecular weight excluding hydrogens is 1190 g/mol. The fraction of sp³-hybridized carbons (Fsp3) is 0.944. The highest BCUT2D eigenvalue weighted by molar-refractivity contribution is 7.47. The first-order chi connectivity index (χ1) is 43.1. The number of hydrogen-bond donors (Lipinski definition) is 3. The van der Waals surface area contributed by atoms with Crippen LogP contribution >= 0.6 is 15.6 Å². The van der Waals surface area contributed by atoms with E-state index in [2.05, 4.69) is 55.4 Å². The minimum absolute atomic E-state index is 0.102. The Morgan fingerprint density at radius 3 is 0.789 bits per heavy atom. The number of esters is 4. The lowest BCUT2D eigenvalue weighted by Crippen LogP contribution is -2.30. The highest BCUT2D eigenvalue weighted by Gasteiger charge is 2.30. The molecule has 0 fully saturated rings. The molecule has 0 amide bonds. The summed E-state index contributed by atoms with van der Waals surface area (Å²) in [5.74, 6) is 0.864. The minimum atomic E-state index is -4.95. The van der Waals surface area contributed by atoms with E-state index < -0.39 is 97.5 Å². The first kappa shape index (κ1) is 88.1. The SMILES string of the molecule is CCC(C)CCCCCCCCCCC(=O)OC[C@H](COP(=O)(O)OCC(O)COP(=O)(O)OC[C@@H](COC(=O)CCCCCCCCCCC(C)C)OC(=O)CCCCCCCCCC(C)C)OC(=O)CCCCCCCCCCCCCCCCC(C)C. The van der Waals surface area contributed by atoms with Gasteiger partial charge in [0.1, 0.15) is 19.3 Å². The van der Waals surface area contributed by atoms with Crippen molar-refractivity contribution in [2.45, 2.75) is 369 Å². The first-order valence-electron chi connectivity index (χ1n) is 36.7. The maximum absolute atomic E-state index is 13.0. The fourth-order valence-electron chi connectivity index (χ4n) is 10.6. The summed E-state index contributed by atoms with van der Waals surface area (Å²) in [4.78, 5) is 72.6. The number of aliphatic hydroxyl groups excluding tert-OH is 1. The average Bonchev–Trinajstić information content (AvgIpc) is 3.32. The molecule has 4 unspecified atom stereocenters. The van der Waals surface area contributed by atoms with Gasteiger partial charge in [0.2, 0.25) is 0 Å². The molecule has 0 saturated carbocycles. The van der Waals surface area contributed by atoms with Crippen molar-refractivity contribution in [3.05, 3.63) is 0 Å². The molecule has 0 aromatic rings. The number of ether oxygens (including phenoxy) is 4. The third-order valence-electron chi connectivity index (χ3n) is 16.7. The highest BCUT2D eigenvalue weighted by atomic mass is 31.2. The van der Waals surface area contributed by atoms with E-state index in [9.17, 15) is 43.2 Å². The number of carbonyl (C=O) groups excluding carboxylic acids is 4. The zero-order valence-corrected chi connectivity index (χ0v) is 60.6. The van der Waals surface area contributed by atoms with Gasteiger partial charge in [-0.15, -0.1) is 0 Å². The molecule has 0 heterocycles. The fourth-order valence-corrected chi connectivity index (χ4v) is 12.2. The van der Waals surface area contributed by atoms with Gasteiger partial charge in [-0.1, -0.05) is 299 Å². The van der Waals surface area contributed by atoms with E-state index in [4.69, 9.17) is 37.0 Å². The zero-order valence-electron chi connectivity index (χ0n) is 58.8. The van der Waals surface area contributed by atoms with Crippen molar-refractivity contribution in [2.24, 2.45) is 23.7 Å². The summed E-state index contributed by atoms with van der Waals surface area (Å²) in [6.07, 6.45) is 43.1. The van der Waals surface area contributed by atoms with Gasteiger partial charge in [-0.05, 0) is 49.4 Å². The Hall–Kier alpha value is -1.94. The molecule has 3 N–H and O–H groups in total. The maximum Gasteiger partial charge on any atom is 0.472 e. The zero-order chi connectivity index (χ0) is 66.8. The predicted molar refractivity (Wildman–Crippen MR) is 363 cm³/mol. The molecule has 0 aliphatic heterocycles. The molecule has 0 bridgehead atoms. The van der Waals surface area contributed by atoms with E-state index in [0.29, 0.717) is 31.6 Å². The van der Waals surface area contributed by atoms with Gasteiger partial charge in [0.05, 0.1) is 26.4 Å². The number of aliphatic hydroxyl groups is 1. The van der Waals surface area contributed by atoms with E-state index in [1.54, 1.807) is 0 Å². The van der Waals surface area contributed by atoms with Gasteiger partial charge in [-0.2, -0.15) is 0 Å². The van der Waals surface area contributed by atoms with Crippen LogP contribution in [0.2, 0.25) is 0 Å². The van der Waals surface area contributed by atoms with Crippen molar-refractivity contribution in [2.75, 3.05) is 39.6 Å². The topological polar surface area (TPSA) is 237 Å². The van der Waals surface area contributed by atoms with Crippen LogP contribution in [0, 0.1) is 23.7 Å². The summed E-state index contributed by atoms with van der Waals surface area (Å²) in [5, 5.41) is 10.6. The van der Waals surface area contributed by atoms with Crippen LogP contribution in [0.5, 0.6) is 0 Å². The van der Waals surface area contributed by atoms with Gasteiger partial charge in [-0.25, -0.2) is 9.13 Å². The number of unbranched alkanes of at least 4 members (excludes halogenated alkanes) is 33. The van der Waals surface area contributed by atoms with Gasteiger partial charge in [0.25, 0.3) is 0 Å². The monoisotopic (exact) mass is 1320 g/mol. The highest BCUT2D eigenvalue weighted by Crippen LogP contribution is 2.45. The molecule has 0 rings (SSSR count). The Bertz CT molecular complexity index is 1780. The second-order valence-corrected chi connectivity index (χ2v) is 30.2. The van der Waals surface area contributed by atoms with Crippen molar-refractivity contribution in [1.82, 2.24) is 0 Å². The molecular formula is C71H138O17P2. The molecule has 0 aliphatic carbocycles. The molecule has 17 nitrogen and oxygen atoms in total. The van der Waals surface area contributed by atoms with E-state index in [-0.39, 0.29) is 25.7 Å². The average molecular weight is 1330 g/mol. The van der Waals surface area contributed by atoms with Crippen molar-refractivity contribution in [3.8, 4) is 0 Å². The quantitative estimate of drug-likeness (QED) is 0.0222. The van der Waals surface area contributed by atoms with Crippen LogP contribution in [0.15, 0.2) is 0 Å². The van der Waals surface area contributed by atoms with E-state index >= 15 is 0 Å². The van der Waals surface area contributed by atoms with E-state index in [0.717, 1.165) is 108 Å². The van der Waals surface area contributed by atoms with Crippen LogP contribution in [0.3, 0.4) is 0 Å².